The zero-order valence-electron chi connectivity index (χ0n) is 14.8. The van der Waals surface area contributed by atoms with E-state index in [4.69, 9.17) is 4.52 Å². The number of anilines is 1. The molecule has 0 aliphatic carbocycles. The number of pyridine rings is 1. The van der Waals surface area contributed by atoms with E-state index in [1.54, 1.807) is 6.20 Å². The number of rotatable bonds is 6. The number of carbonyl (C=O) groups excluding carboxylic acids is 1. The average molecular weight is 343 g/mol. The molecule has 2 aromatic rings. The Morgan fingerprint density at radius 1 is 1.44 bits per heavy atom. The molecule has 7 heteroatoms. The fourth-order valence-corrected chi connectivity index (χ4v) is 3.04. The van der Waals surface area contributed by atoms with Gasteiger partial charge in [-0.1, -0.05) is 25.1 Å². The van der Waals surface area contributed by atoms with Gasteiger partial charge in [-0.2, -0.15) is 4.98 Å². The van der Waals surface area contributed by atoms with E-state index in [0.29, 0.717) is 30.7 Å². The van der Waals surface area contributed by atoms with Gasteiger partial charge < -0.3 is 14.7 Å². The first-order chi connectivity index (χ1) is 12.1. The summed E-state index contributed by atoms with van der Waals surface area (Å²) < 4.78 is 5.20. The Kier molecular flexibility index (Phi) is 5.63. The highest BCUT2D eigenvalue weighted by Gasteiger charge is 2.26. The van der Waals surface area contributed by atoms with Gasteiger partial charge in [0.1, 0.15) is 5.82 Å². The van der Waals surface area contributed by atoms with Gasteiger partial charge in [0.25, 0.3) is 0 Å². The SMILES string of the molecule is CC(C)Cc1nc(CNC(=O)[C@@H]2CCCN(c3ccccn3)C2)no1. The van der Waals surface area contributed by atoms with E-state index in [2.05, 4.69) is 39.2 Å². The van der Waals surface area contributed by atoms with Gasteiger partial charge in [0.15, 0.2) is 5.82 Å². The molecule has 0 unspecified atom stereocenters. The molecule has 1 fully saturated rings. The van der Waals surface area contributed by atoms with Crippen LogP contribution in [-0.4, -0.2) is 34.1 Å². The third-order valence-electron chi connectivity index (χ3n) is 4.28. The third-order valence-corrected chi connectivity index (χ3v) is 4.28. The number of carbonyl (C=O) groups is 1. The molecule has 1 N–H and O–H groups in total. The van der Waals surface area contributed by atoms with Crippen molar-refractivity contribution in [3.63, 3.8) is 0 Å². The van der Waals surface area contributed by atoms with Crippen LogP contribution in [0.1, 0.15) is 38.4 Å². The summed E-state index contributed by atoms with van der Waals surface area (Å²) in [6.45, 7) is 6.13. The Bertz CT molecular complexity index is 686. The van der Waals surface area contributed by atoms with Gasteiger partial charge in [0.2, 0.25) is 11.8 Å². The van der Waals surface area contributed by atoms with Crippen LogP contribution in [0.5, 0.6) is 0 Å². The lowest BCUT2D eigenvalue weighted by Gasteiger charge is -2.32. The van der Waals surface area contributed by atoms with Crippen LogP contribution < -0.4 is 10.2 Å². The Hall–Kier alpha value is -2.44. The number of nitrogens with zero attached hydrogens (tertiary/aromatic N) is 4. The zero-order chi connectivity index (χ0) is 17.6. The molecule has 0 radical (unpaired) electrons. The van der Waals surface area contributed by atoms with Crippen molar-refractivity contribution in [1.82, 2.24) is 20.4 Å². The molecule has 1 aliphatic heterocycles. The van der Waals surface area contributed by atoms with Gasteiger partial charge in [-0.15, -0.1) is 0 Å². The monoisotopic (exact) mass is 343 g/mol. The van der Waals surface area contributed by atoms with E-state index in [1.807, 2.05) is 18.2 Å². The summed E-state index contributed by atoms with van der Waals surface area (Å²) in [4.78, 5) is 23.4. The van der Waals surface area contributed by atoms with Crippen LogP contribution in [0.3, 0.4) is 0 Å². The predicted octanol–water partition coefficient (Wildman–Crippen LogP) is 2.20. The molecule has 0 saturated carbocycles. The quantitative estimate of drug-likeness (QED) is 0.865. The van der Waals surface area contributed by atoms with Crippen LogP contribution in [0, 0.1) is 11.8 Å². The molecule has 25 heavy (non-hydrogen) atoms. The fourth-order valence-electron chi connectivity index (χ4n) is 3.04. The highest BCUT2D eigenvalue weighted by atomic mass is 16.5. The maximum atomic E-state index is 12.5. The number of hydrogen-bond donors (Lipinski definition) is 1. The minimum atomic E-state index is -0.0437. The number of amides is 1. The highest BCUT2D eigenvalue weighted by Crippen LogP contribution is 2.21. The molecule has 1 saturated heterocycles. The zero-order valence-corrected chi connectivity index (χ0v) is 14.8. The maximum Gasteiger partial charge on any atom is 0.226 e. The van der Waals surface area contributed by atoms with Crippen molar-refractivity contribution in [1.29, 1.82) is 0 Å². The molecular weight excluding hydrogens is 318 g/mol. The fraction of sp³-hybridized carbons (Fsp3) is 0.556. The molecule has 3 heterocycles. The van der Waals surface area contributed by atoms with Gasteiger partial charge >= 0.3 is 0 Å². The van der Waals surface area contributed by atoms with Crippen molar-refractivity contribution in [3.8, 4) is 0 Å². The van der Waals surface area contributed by atoms with Gasteiger partial charge in [-0.3, -0.25) is 4.79 Å². The molecule has 0 aromatic carbocycles. The first-order valence-corrected chi connectivity index (χ1v) is 8.87. The second-order valence-corrected chi connectivity index (χ2v) is 6.89. The van der Waals surface area contributed by atoms with Crippen molar-refractivity contribution in [2.75, 3.05) is 18.0 Å². The number of piperidine rings is 1. The lowest BCUT2D eigenvalue weighted by atomic mass is 9.97. The predicted molar refractivity (Wildman–Crippen MR) is 93.9 cm³/mol. The lowest BCUT2D eigenvalue weighted by Crippen LogP contribution is -2.43. The minimum absolute atomic E-state index is 0.0378. The van der Waals surface area contributed by atoms with Crippen molar-refractivity contribution in [2.24, 2.45) is 11.8 Å². The standard InChI is InChI=1S/C18H25N5O2/c1-13(2)10-17-21-15(22-25-17)11-20-18(24)14-6-5-9-23(12-14)16-7-3-4-8-19-16/h3-4,7-8,13-14H,5-6,9-12H2,1-2H3,(H,20,24)/t14-/m1/s1. The second-order valence-electron chi connectivity index (χ2n) is 6.89. The second kappa shape index (κ2) is 8.09. The van der Waals surface area contributed by atoms with E-state index in [1.165, 1.54) is 0 Å². The third kappa shape index (κ3) is 4.78. The Labute approximate surface area is 147 Å². The summed E-state index contributed by atoms with van der Waals surface area (Å²) in [6.07, 6.45) is 4.40. The van der Waals surface area contributed by atoms with E-state index in [-0.39, 0.29) is 11.8 Å². The summed E-state index contributed by atoms with van der Waals surface area (Å²) in [5.74, 6) is 2.53. The molecule has 2 aromatic heterocycles. The van der Waals surface area contributed by atoms with E-state index >= 15 is 0 Å². The van der Waals surface area contributed by atoms with Gasteiger partial charge in [0.05, 0.1) is 12.5 Å². The molecule has 3 rings (SSSR count). The summed E-state index contributed by atoms with van der Waals surface area (Å²) in [7, 11) is 0. The molecule has 7 nitrogen and oxygen atoms in total. The first kappa shape index (κ1) is 17.4. The topological polar surface area (TPSA) is 84.2 Å². The summed E-state index contributed by atoms with van der Waals surface area (Å²) in [6, 6.07) is 5.85. The van der Waals surface area contributed by atoms with Crippen LogP contribution in [0.4, 0.5) is 5.82 Å². The van der Waals surface area contributed by atoms with Crippen LogP contribution in [0.15, 0.2) is 28.9 Å². The Morgan fingerprint density at radius 3 is 3.08 bits per heavy atom. The number of aromatic nitrogens is 3. The molecule has 1 atom stereocenters. The van der Waals surface area contributed by atoms with Crippen molar-refractivity contribution >= 4 is 11.7 Å². The number of hydrogen-bond acceptors (Lipinski definition) is 6. The van der Waals surface area contributed by atoms with Crippen LogP contribution in [0.2, 0.25) is 0 Å². The first-order valence-electron chi connectivity index (χ1n) is 8.87. The Morgan fingerprint density at radius 2 is 2.32 bits per heavy atom. The van der Waals surface area contributed by atoms with Gasteiger partial charge in [0, 0.05) is 25.7 Å². The van der Waals surface area contributed by atoms with Gasteiger partial charge in [-0.05, 0) is 30.9 Å². The Balaban J connectivity index is 1.51. The maximum absolute atomic E-state index is 12.5. The molecule has 134 valence electrons. The summed E-state index contributed by atoms with van der Waals surface area (Å²) in [5, 5.41) is 6.86. The van der Waals surface area contributed by atoms with Crippen LogP contribution in [-0.2, 0) is 17.8 Å². The minimum Gasteiger partial charge on any atom is -0.356 e. The van der Waals surface area contributed by atoms with Crippen molar-refractivity contribution in [2.45, 2.75) is 39.7 Å². The van der Waals surface area contributed by atoms with Crippen LogP contribution >= 0.6 is 0 Å². The smallest absolute Gasteiger partial charge is 0.226 e. The normalized spacial score (nSPS) is 17.7. The van der Waals surface area contributed by atoms with Crippen molar-refractivity contribution < 1.29 is 9.32 Å². The summed E-state index contributed by atoms with van der Waals surface area (Å²) >= 11 is 0. The largest absolute Gasteiger partial charge is 0.356 e. The summed E-state index contributed by atoms with van der Waals surface area (Å²) in [5.41, 5.74) is 0. The highest BCUT2D eigenvalue weighted by molar-refractivity contribution is 5.79. The molecule has 1 aliphatic rings. The van der Waals surface area contributed by atoms with E-state index in [0.717, 1.165) is 31.6 Å². The van der Waals surface area contributed by atoms with Gasteiger partial charge in [-0.25, -0.2) is 4.98 Å². The number of nitrogens with one attached hydrogen (secondary N) is 1. The average Bonchev–Trinajstić information content (AvgIpc) is 3.07. The molecule has 0 spiro atoms. The molecule has 0 bridgehead atoms. The van der Waals surface area contributed by atoms with Crippen molar-refractivity contribution in [3.05, 3.63) is 36.1 Å². The molecule has 1 amide bonds. The molecular formula is C18H25N5O2. The van der Waals surface area contributed by atoms with Crippen LogP contribution in [0.25, 0.3) is 0 Å². The van der Waals surface area contributed by atoms with E-state index in [9.17, 15) is 4.79 Å². The lowest BCUT2D eigenvalue weighted by molar-refractivity contribution is -0.125. The van der Waals surface area contributed by atoms with E-state index < -0.39 is 0 Å².